The normalized spacial score (nSPS) is 21.4. The van der Waals surface area contributed by atoms with Crippen LogP contribution in [0.1, 0.15) is 61.5 Å². The molecule has 0 spiro atoms. The van der Waals surface area contributed by atoms with Crippen molar-refractivity contribution in [3.05, 3.63) is 23.3 Å². The summed E-state index contributed by atoms with van der Waals surface area (Å²) in [5.74, 6) is -0.342. The quantitative estimate of drug-likeness (QED) is 0.838. The van der Waals surface area contributed by atoms with Crippen LogP contribution in [0.3, 0.4) is 0 Å². The zero-order chi connectivity index (χ0) is 18.8. The first kappa shape index (κ1) is 18.3. The van der Waals surface area contributed by atoms with E-state index >= 15 is 0 Å². The number of carbonyl (C=O) groups is 2. The zero-order valence-electron chi connectivity index (χ0n) is 15.7. The SMILES string of the molecule is Cc1cc(C)n2nc(C(=O)O[C@H](C)C(=O)N[C@@H]3CCCC[C@@H]3C)nc2n1. The van der Waals surface area contributed by atoms with Gasteiger partial charge in [0.1, 0.15) is 0 Å². The highest BCUT2D eigenvalue weighted by molar-refractivity contribution is 5.89. The maximum absolute atomic E-state index is 12.3. The molecule has 3 atom stereocenters. The first-order valence-electron chi connectivity index (χ1n) is 9.07. The first-order chi connectivity index (χ1) is 12.3. The van der Waals surface area contributed by atoms with Crippen molar-refractivity contribution in [1.29, 1.82) is 0 Å². The van der Waals surface area contributed by atoms with Gasteiger partial charge in [-0.3, -0.25) is 4.79 Å². The third-order valence-corrected chi connectivity index (χ3v) is 4.89. The molecule has 0 saturated heterocycles. The molecule has 8 nitrogen and oxygen atoms in total. The maximum Gasteiger partial charge on any atom is 0.379 e. The molecule has 1 fully saturated rings. The Labute approximate surface area is 152 Å². The molecule has 1 aliphatic rings. The molecule has 2 aromatic rings. The van der Waals surface area contributed by atoms with Crippen molar-refractivity contribution in [3.8, 4) is 0 Å². The molecule has 8 heteroatoms. The molecule has 26 heavy (non-hydrogen) atoms. The van der Waals surface area contributed by atoms with Gasteiger partial charge < -0.3 is 10.1 Å². The Morgan fingerprint density at radius 2 is 2.00 bits per heavy atom. The fourth-order valence-electron chi connectivity index (χ4n) is 3.35. The van der Waals surface area contributed by atoms with Crippen LogP contribution < -0.4 is 5.32 Å². The second kappa shape index (κ2) is 7.39. The van der Waals surface area contributed by atoms with E-state index in [1.54, 1.807) is 6.92 Å². The van der Waals surface area contributed by atoms with Crippen LogP contribution in [0, 0.1) is 19.8 Å². The number of carbonyl (C=O) groups excluding carboxylic acids is 2. The summed E-state index contributed by atoms with van der Waals surface area (Å²) in [6, 6.07) is 1.98. The molecular formula is C18H25N5O3. The highest BCUT2D eigenvalue weighted by atomic mass is 16.5. The molecule has 0 aromatic carbocycles. The summed E-state index contributed by atoms with van der Waals surface area (Å²) >= 11 is 0. The van der Waals surface area contributed by atoms with Gasteiger partial charge in [0.25, 0.3) is 17.5 Å². The summed E-state index contributed by atoms with van der Waals surface area (Å²) in [5.41, 5.74) is 1.60. The van der Waals surface area contributed by atoms with Crippen LogP contribution in [0.2, 0.25) is 0 Å². The zero-order valence-corrected chi connectivity index (χ0v) is 15.7. The van der Waals surface area contributed by atoms with E-state index in [2.05, 4.69) is 27.3 Å². The van der Waals surface area contributed by atoms with Gasteiger partial charge in [-0.05, 0) is 45.6 Å². The van der Waals surface area contributed by atoms with E-state index in [0.717, 1.165) is 30.7 Å². The number of amides is 1. The Bertz CT molecular complexity index is 832. The predicted molar refractivity (Wildman–Crippen MR) is 94.7 cm³/mol. The van der Waals surface area contributed by atoms with Crippen molar-refractivity contribution in [2.75, 3.05) is 0 Å². The summed E-state index contributed by atoms with van der Waals surface area (Å²) in [6.45, 7) is 7.40. The molecule has 3 rings (SSSR count). The number of hydrogen-bond acceptors (Lipinski definition) is 6. The van der Waals surface area contributed by atoms with Crippen LogP contribution in [0.4, 0.5) is 0 Å². The third kappa shape index (κ3) is 3.84. The predicted octanol–water partition coefficient (Wildman–Crippen LogP) is 1.98. The second-order valence-electron chi connectivity index (χ2n) is 7.11. The van der Waals surface area contributed by atoms with Crippen molar-refractivity contribution in [2.24, 2.45) is 5.92 Å². The minimum atomic E-state index is -0.904. The van der Waals surface area contributed by atoms with Gasteiger partial charge in [-0.15, -0.1) is 5.10 Å². The number of aryl methyl sites for hydroxylation is 2. The number of fused-ring (bicyclic) bond motifs is 1. The number of nitrogens with one attached hydrogen (secondary N) is 1. The summed E-state index contributed by atoms with van der Waals surface area (Å²) in [6.07, 6.45) is 3.48. The van der Waals surface area contributed by atoms with Gasteiger partial charge in [-0.1, -0.05) is 19.8 Å². The molecule has 0 aliphatic heterocycles. The Hall–Kier alpha value is -2.51. The van der Waals surface area contributed by atoms with Gasteiger partial charge in [-0.25, -0.2) is 14.3 Å². The van der Waals surface area contributed by atoms with E-state index in [-0.39, 0.29) is 17.8 Å². The summed E-state index contributed by atoms with van der Waals surface area (Å²) in [7, 11) is 0. The molecule has 1 N–H and O–H groups in total. The lowest BCUT2D eigenvalue weighted by molar-refractivity contribution is -0.130. The number of esters is 1. The fourth-order valence-corrected chi connectivity index (χ4v) is 3.35. The number of hydrogen-bond donors (Lipinski definition) is 1. The molecule has 1 saturated carbocycles. The van der Waals surface area contributed by atoms with Crippen molar-refractivity contribution < 1.29 is 14.3 Å². The lowest BCUT2D eigenvalue weighted by Gasteiger charge is -2.30. The van der Waals surface area contributed by atoms with Gasteiger partial charge >= 0.3 is 5.97 Å². The molecule has 0 bridgehead atoms. The highest BCUT2D eigenvalue weighted by Gasteiger charge is 2.27. The number of rotatable bonds is 4. The Morgan fingerprint density at radius 3 is 2.73 bits per heavy atom. The second-order valence-corrected chi connectivity index (χ2v) is 7.11. The smallest absolute Gasteiger partial charge is 0.379 e. The highest BCUT2D eigenvalue weighted by Crippen LogP contribution is 2.23. The largest absolute Gasteiger partial charge is 0.447 e. The van der Waals surface area contributed by atoms with E-state index < -0.39 is 12.1 Å². The molecule has 2 aromatic heterocycles. The molecule has 1 aliphatic carbocycles. The number of ether oxygens (including phenoxy) is 1. The van der Waals surface area contributed by atoms with Crippen LogP contribution in [-0.2, 0) is 9.53 Å². The lowest BCUT2D eigenvalue weighted by atomic mass is 9.86. The molecule has 140 valence electrons. The van der Waals surface area contributed by atoms with Crippen LogP contribution >= 0.6 is 0 Å². The Balaban J connectivity index is 1.65. The lowest BCUT2D eigenvalue weighted by Crippen LogP contribution is -2.46. The van der Waals surface area contributed by atoms with Gasteiger partial charge in [0.15, 0.2) is 6.10 Å². The van der Waals surface area contributed by atoms with E-state index in [9.17, 15) is 9.59 Å². The molecule has 0 radical (unpaired) electrons. The Morgan fingerprint density at radius 1 is 1.27 bits per heavy atom. The molecule has 0 unspecified atom stereocenters. The standard InChI is InChI=1S/C18H25N5O3/c1-10-7-5-6-8-14(10)20-16(24)13(4)26-17(25)15-21-18-19-11(2)9-12(3)23(18)22-15/h9-10,13-14H,5-8H2,1-4H3,(H,20,24)/t10-,13+,14+/m0/s1. The van der Waals surface area contributed by atoms with Crippen LogP contribution in [-0.4, -0.2) is 43.6 Å². The van der Waals surface area contributed by atoms with Crippen LogP contribution in [0.15, 0.2) is 6.07 Å². The van der Waals surface area contributed by atoms with E-state index in [4.69, 9.17) is 4.74 Å². The minimum Gasteiger partial charge on any atom is -0.447 e. The summed E-state index contributed by atoms with van der Waals surface area (Å²) in [5, 5.41) is 7.12. The minimum absolute atomic E-state index is 0.100. The average Bonchev–Trinajstić information content (AvgIpc) is 3.01. The van der Waals surface area contributed by atoms with Crippen molar-refractivity contribution in [1.82, 2.24) is 24.9 Å². The summed E-state index contributed by atoms with van der Waals surface area (Å²) < 4.78 is 6.74. The van der Waals surface area contributed by atoms with Crippen molar-refractivity contribution in [3.63, 3.8) is 0 Å². The van der Waals surface area contributed by atoms with E-state index in [1.807, 2.05) is 19.9 Å². The molecule has 1 amide bonds. The molecule has 2 heterocycles. The van der Waals surface area contributed by atoms with Crippen molar-refractivity contribution >= 4 is 17.7 Å². The third-order valence-electron chi connectivity index (χ3n) is 4.89. The monoisotopic (exact) mass is 359 g/mol. The fraction of sp³-hybridized carbons (Fsp3) is 0.611. The van der Waals surface area contributed by atoms with Crippen LogP contribution in [0.25, 0.3) is 5.78 Å². The number of nitrogens with zero attached hydrogens (tertiary/aromatic N) is 4. The van der Waals surface area contributed by atoms with Gasteiger partial charge in [0.05, 0.1) is 0 Å². The maximum atomic E-state index is 12.3. The van der Waals surface area contributed by atoms with Gasteiger partial charge in [0, 0.05) is 17.4 Å². The van der Waals surface area contributed by atoms with Gasteiger partial charge in [0.2, 0.25) is 0 Å². The van der Waals surface area contributed by atoms with Crippen molar-refractivity contribution in [2.45, 2.75) is 65.5 Å². The summed E-state index contributed by atoms with van der Waals surface area (Å²) in [4.78, 5) is 33.0. The first-order valence-corrected chi connectivity index (χ1v) is 9.07. The number of aromatic nitrogens is 4. The van der Waals surface area contributed by atoms with Crippen LogP contribution in [0.5, 0.6) is 0 Å². The molecular weight excluding hydrogens is 334 g/mol. The van der Waals surface area contributed by atoms with Gasteiger partial charge in [-0.2, -0.15) is 4.98 Å². The Kier molecular flexibility index (Phi) is 5.20. The average molecular weight is 359 g/mol. The van der Waals surface area contributed by atoms with E-state index in [0.29, 0.717) is 11.7 Å². The van der Waals surface area contributed by atoms with E-state index in [1.165, 1.54) is 10.9 Å². The topological polar surface area (TPSA) is 98.5 Å².